The van der Waals surface area contributed by atoms with Gasteiger partial charge < -0.3 is 19.7 Å². The molecule has 0 spiro atoms. The summed E-state index contributed by atoms with van der Waals surface area (Å²) in [6.07, 6.45) is 0. The number of amides is 1. The minimum atomic E-state index is -0.399. The fourth-order valence-corrected chi connectivity index (χ4v) is 3.46. The molecule has 9 heteroatoms. The minimum Gasteiger partial charge on any atom is -0.454 e. The van der Waals surface area contributed by atoms with E-state index in [1.165, 1.54) is 12.1 Å². The number of nitrogens with one attached hydrogen (secondary N) is 1. The van der Waals surface area contributed by atoms with E-state index in [1.54, 1.807) is 12.1 Å². The molecular formula is C20H22N4O5. The number of hydrogen-bond acceptors (Lipinski definition) is 7. The molecule has 4 rings (SSSR count). The number of ether oxygens (including phenoxy) is 2. The lowest BCUT2D eigenvalue weighted by atomic mass is 10.2. The van der Waals surface area contributed by atoms with Gasteiger partial charge in [-0.2, -0.15) is 0 Å². The molecule has 1 N–H and O–H groups in total. The van der Waals surface area contributed by atoms with Gasteiger partial charge in [-0.25, -0.2) is 0 Å². The average molecular weight is 398 g/mol. The van der Waals surface area contributed by atoms with Crippen LogP contribution < -0.4 is 19.7 Å². The van der Waals surface area contributed by atoms with Crippen LogP contribution in [0.4, 0.5) is 11.4 Å². The lowest BCUT2D eigenvalue weighted by Gasteiger charge is -2.35. The second kappa shape index (κ2) is 8.36. The zero-order valence-electron chi connectivity index (χ0n) is 15.9. The number of nitrogens with zero attached hydrogens (tertiary/aromatic N) is 3. The van der Waals surface area contributed by atoms with E-state index in [0.29, 0.717) is 18.8 Å². The molecule has 0 bridgehead atoms. The van der Waals surface area contributed by atoms with E-state index >= 15 is 0 Å². The normalized spacial score (nSPS) is 15.9. The van der Waals surface area contributed by atoms with Crippen molar-refractivity contribution < 1.29 is 19.2 Å². The number of hydrogen-bond donors (Lipinski definition) is 1. The highest BCUT2D eigenvalue weighted by Crippen LogP contribution is 2.32. The van der Waals surface area contributed by atoms with Crippen molar-refractivity contribution in [3.63, 3.8) is 0 Å². The maximum atomic E-state index is 12.3. The third-order valence-corrected chi connectivity index (χ3v) is 5.09. The van der Waals surface area contributed by atoms with Crippen molar-refractivity contribution in [2.24, 2.45) is 0 Å². The summed E-state index contributed by atoms with van der Waals surface area (Å²) < 4.78 is 10.6. The van der Waals surface area contributed by atoms with Crippen LogP contribution in [0.1, 0.15) is 5.56 Å². The lowest BCUT2D eigenvalue weighted by molar-refractivity contribution is -0.384. The summed E-state index contributed by atoms with van der Waals surface area (Å²) in [4.78, 5) is 26.9. The molecule has 152 valence electrons. The van der Waals surface area contributed by atoms with Crippen molar-refractivity contribution in [2.75, 3.05) is 44.4 Å². The Morgan fingerprint density at radius 1 is 1.03 bits per heavy atom. The molecule has 2 aliphatic rings. The summed E-state index contributed by atoms with van der Waals surface area (Å²) >= 11 is 0. The molecule has 0 atom stereocenters. The van der Waals surface area contributed by atoms with Crippen LogP contribution in [0.2, 0.25) is 0 Å². The molecule has 0 aliphatic carbocycles. The highest BCUT2D eigenvalue weighted by molar-refractivity contribution is 5.78. The van der Waals surface area contributed by atoms with E-state index in [1.807, 2.05) is 18.2 Å². The van der Waals surface area contributed by atoms with Gasteiger partial charge in [-0.3, -0.25) is 19.8 Å². The standard InChI is InChI=1S/C20H22N4O5/c25-20(21-12-15-1-6-18-19(11-15)29-14-28-18)13-22-7-9-23(10-8-22)16-2-4-17(5-3-16)24(26)27/h1-6,11H,7-10,12-14H2,(H,21,25). The summed E-state index contributed by atoms with van der Waals surface area (Å²) in [7, 11) is 0. The Balaban J connectivity index is 1.22. The van der Waals surface area contributed by atoms with Crippen molar-refractivity contribution in [3.8, 4) is 11.5 Å². The van der Waals surface area contributed by atoms with Crippen LogP contribution in [-0.4, -0.2) is 55.2 Å². The fourth-order valence-electron chi connectivity index (χ4n) is 3.46. The van der Waals surface area contributed by atoms with Gasteiger partial charge in [0.2, 0.25) is 12.7 Å². The molecule has 2 heterocycles. The van der Waals surface area contributed by atoms with Gasteiger partial charge in [0.15, 0.2) is 11.5 Å². The molecule has 2 aliphatic heterocycles. The number of carbonyl (C=O) groups excluding carboxylic acids is 1. The van der Waals surface area contributed by atoms with Crippen LogP contribution in [-0.2, 0) is 11.3 Å². The number of fused-ring (bicyclic) bond motifs is 1. The van der Waals surface area contributed by atoms with Crippen molar-refractivity contribution in [1.29, 1.82) is 0 Å². The zero-order valence-corrected chi connectivity index (χ0v) is 15.9. The van der Waals surface area contributed by atoms with Gasteiger partial charge in [0.05, 0.1) is 11.5 Å². The van der Waals surface area contributed by atoms with Gasteiger partial charge >= 0.3 is 0 Å². The Kier molecular flexibility index (Phi) is 5.48. The van der Waals surface area contributed by atoms with E-state index in [0.717, 1.165) is 43.2 Å². The van der Waals surface area contributed by atoms with E-state index in [-0.39, 0.29) is 18.4 Å². The Morgan fingerprint density at radius 2 is 1.76 bits per heavy atom. The number of nitro benzene ring substituents is 1. The number of carbonyl (C=O) groups is 1. The number of anilines is 1. The van der Waals surface area contributed by atoms with Crippen LogP contribution in [0.25, 0.3) is 0 Å². The molecule has 2 aromatic rings. The van der Waals surface area contributed by atoms with Crippen molar-refractivity contribution in [3.05, 3.63) is 58.1 Å². The zero-order chi connectivity index (χ0) is 20.2. The first kappa shape index (κ1) is 19.0. The molecule has 1 fully saturated rings. The maximum absolute atomic E-state index is 12.3. The molecule has 1 saturated heterocycles. The second-order valence-electron chi connectivity index (χ2n) is 7.00. The topological polar surface area (TPSA) is 97.2 Å². The third kappa shape index (κ3) is 4.57. The van der Waals surface area contributed by atoms with Gasteiger partial charge in [-0.15, -0.1) is 0 Å². The van der Waals surface area contributed by atoms with Crippen molar-refractivity contribution in [1.82, 2.24) is 10.2 Å². The predicted molar refractivity (Wildman–Crippen MR) is 106 cm³/mol. The molecule has 2 aromatic carbocycles. The molecule has 1 amide bonds. The molecule has 0 unspecified atom stereocenters. The van der Waals surface area contributed by atoms with Gasteiger partial charge in [-0.05, 0) is 29.8 Å². The number of nitro groups is 1. The summed E-state index contributed by atoms with van der Waals surface area (Å²) in [5.41, 5.74) is 2.01. The monoisotopic (exact) mass is 398 g/mol. The number of benzene rings is 2. The Bertz CT molecular complexity index is 894. The van der Waals surface area contributed by atoms with Gasteiger partial charge in [0.25, 0.3) is 5.69 Å². The highest BCUT2D eigenvalue weighted by atomic mass is 16.7. The molecule has 29 heavy (non-hydrogen) atoms. The second-order valence-corrected chi connectivity index (χ2v) is 7.00. The fraction of sp³-hybridized carbons (Fsp3) is 0.350. The van der Waals surface area contributed by atoms with E-state index in [9.17, 15) is 14.9 Å². The summed E-state index contributed by atoms with van der Waals surface area (Å²) in [5.74, 6) is 1.41. The molecular weight excluding hydrogens is 376 g/mol. The van der Waals surface area contributed by atoms with Crippen LogP contribution in [0, 0.1) is 10.1 Å². The van der Waals surface area contributed by atoms with Gasteiger partial charge in [0, 0.05) is 50.5 Å². The number of rotatable bonds is 6. The SMILES string of the molecule is O=C(CN1CCN(c2ccc([N+](=O)[O-])cc2)CC1)NCc1ccc2c(c1)OCO2. The van der Waals surface area contributed by atoms with Crippen LogP contribution in [0.15, 0.2) is 42.5 Å². The lowest BCUT2D eigenvalue weighted by Crippen LogP contribution is -2.49. The van der Waals surface area contributed by atoms with Gasteiger partial charge in [-0.1, -0.05) is 6.07 Å². The van der Waals surface area contributed by atoms with Crippen LogP contribution in [0.3, 0.4) is 0 Å². The molecule has 0 aromatic heterocycles. The van der Waals surface area contributed by atoms with Crippen LogP contribution in [0.5, 0.6) is 11.5 Å². The first-order valence-corrected chi connectivity index (χ1v) is 9.45. The first-order chi connectivity index (χ1) is 14.1. The molecule has 9 nitrogen and oxygen atoms in total. The quantitative estimate of drug-likeness (QED) is 0.585. The Morgan fingerprint density at radius 3 is 2.48 bits per heavy atom. The average Bonchev–Trinajstić information content (AvgIpc) is 3.21. The van der Waals surface area contributed by atoms with Crippen molar-refractivity contribution in [2.45, 2.75) is 6.54 Å². The van der Waals surface area contributed by atoms with E-state index in [4.69, 9.17) is 9.47 Å². The summed E-state index contributed by atoms with van der Waals surface area (Å²) in [6.45, 7) is 4.08. The largest absolute Gasteiger partial charge is 0.454 e. The smallest absolute Gasteiger partial charge is 0.269 e. The Labute approximate surface area is 168 Å². The summed E-state index contributed by atoms with van der Waals surface area (Å²) in [5, 5.41) is 13.7. The van der Waals surface area contributed by atoms with Gasteiger partial charge in [0.1, 0.15) is 0 Å². The number of non-ortho nitro benzene ring substituents is 1. The van der Waals surface area contributed by atoms with E-state index < -0.39 is 4.92 Å². The minimum absolute atomic E-state index is 0.0218. The maximum Gasteiger partial charge on any atom is 0.269 e. The molecule has 0 radical (unpaired) electrons. The Hall–Kier alpha value is -3.33. The number of piperazine rings is 1. The summed E-state index contributed by atoms with van der Waals surface area (Å²) in [6, 6.07) is 12.2. The van der Waals surface area contributed by atoms with E-state index in [2.05, 4.69) is 15.1 Å². The van der Waals surface area contributed by atoms with Crippen LogP contribution >= 0.6 is 0 Å². The highest BCUT2D eigenvalue weighted by Gasteiger charge is 2.20. The molecule has 0 saturated carbocycles. The van der Waals surface area contributed by atoms with Crippen molar-refractivity contribution >= 4 is 17.3 Å². The third-order valence-electron chi connectivity index (χ3n) is 5.09. The predicted octanol–water partition coefficient (Wildman–Crippen LogP) is 1.76. The first-order valence-electron chi connectivity index (χ1n) is 9.45.